The molecule has 7 heteroatoms. The third kappa shape index (κ3) is 3.51. The third-order valence-corrected chi connectivity index (χ3v) is 2.90. The van der Waals surface area contributed by atoms with E-state index in [1.165, 1.54) is 0 Å². The highest BCUT2D eigenvalue weighted by atomic mass is 35.5. The van der Waals surface area contributed by atoms with Crippen LogP contribution in [0.2, 0.25) is 10.0 Å². The molecule has 98 valence electrons. The molecule has 0 aliphatic rings. The van der Waals surface area contributed by atoms with Crippen LogP contribution < -0.4 is 16.4 Å². The molecule has 0 aliphatic heterocycles. The van der Waals surface area contributed by atoms with Crippen LogP contribution in [0.4, 0.5) is 5.69 Å². The van der Waals surface area contributed by atoms with Gasteiger partial charge in [-0.05, 0) is 32.0 Å². The second-order valence-electron chi connectivity index (χ2n) is 3.92. The van der Waals surface area contributed by atoms with Crippen LogP contribution in [0.25, 0.3) is 0 Å². The molecular formula is C11H15Cl2N5. The van der Waals surface area contributed by atoms with E-state index in [2.05, 4.69) is 4.99 Å². The van der Waals surface area contributed by atoms with Gasteiger partial charge in [0.1, 0.15) is 0 Å². The number of nitrogens with zero attached hydrogens (tertiary/aromatic N) is 2. The topological polar surface area (TPSA) is 91.5 Å². The van der Waals surface area contributed by atoms with Crippen molar-refractivity contribution in [2.24, 2.45) is 16.5 Å². The van der Waals surface area contributed by atoms with Gasteiger partial charge in [-0.2, -0.15) is 4.99 Å². The van der Waals surface area contributed by atoms with Gasteiger partial charge >= 0.3 is 0 Å². The summed E-state index contributed by atoms with van der Waals surface area (Å²) in [6.07, 6.45) is 0. The lowest BCUT2D eigenvalue weighted by molar-refractivity contribution is 0.799. The number of hydrogen-bond donors (Lipinski definition) is 3. The third-order valence-electron chi connectivity index (χ3n) is 2.16. The van der Waals surface area contributed by atoms with Crippen molar-refractivity contribution in [1.29, 1.82) is 5.41 Å². The standard InChI is InChI=1S/C11H15Cl2N5/c1-6(2)18(11(16)17-10(14)15)7-3-4-8(12)9(13)5-7/h3-6H,1-2H3,(H5,14,15,16,17). The molecule has 0 atom stereocenters. The van der Waals surface area contributed by atoms with E-state index in [4.69, 9.17) is 40.1 Å². The van der Waals surface area contributed by atoms with Gasteiger partial charge in [0.05, 0.1) is 10.0 Å². The quantitative estimate of drug-likeness (QED) is 0.576. The Hall–Kier alpha value is -1.46. The molecule has 0 fully saturated rings. The largest absolute Gasteiger partial charge is 0.370 e. The highest BCUT2D eigenvalue weighted by molar-refractivity contribution is 6.42. The number of nitrogens with one attached hydrogen (secondary N) is 1. The highest BCUT2D eigenvalue weighted by Gasteiger charge is 2.16. The first kappa shape index (κ1) is 14.6. The van der Waals surface area contributed by atoms with Gasteiger partial charge in [-0.3, -0.25) is 5.41 Å². The minimum atomic E-state index is -0.161. The van der Waals surface area contributed by atoms with Gasteiger partial charge < -0.3 is 16.4 Å². The van der Waals surface area contributed by atoms with Crippen LogP contribution in [0.1, 0.15) is 13.8 Å². The maximum Gasteiger partial charge on any atom is 0.225 e. The second kappa shape index (κ2) is 5.93. The fourth-order valence-electron chi connectivity index (χ4n) is 1.48. The summed E-state index contributed by atoms with van der Waals surface area (Å²) in [6, 6.07) is 5.08. The van der Waals surface area contributed by atoms with Gasteiger partial charge in [0.15, 0.2) is 5.96 Å². The Labute approximate surface area is 116 Å². The molecule has 0 saturated heterocycles. The van der Waals surface area contributed by atoms with E-state index in [0.29, 0.717) is 15.7 Å². The predicted octanol–water partition coefficient (Wildman–Crippen LogP) is 2.42. The van der Waals surface area contributed by atoms with Crippen molar-refractivity contribution < 1.29 is 0 Å². The molecule has 1 aromatic rings. The van der Waals surface area contributed by atoms with E-state index in [1.807, 2.05) is 13.8 Å². The molecule has 0 aliphatic carbocycles. The second-order valence-corrected chi connectivity index (χ2v) is 4.74. The van der Waals surface area contributed by atoms with E-state index in [-0.39, 0.29) is 18.0 Å². The molecule has 1 rings (SSSR count). The average Bonchev–Trinajstić information content (AvgIpc) is 2.21. The van der Waals surface area contributed by atoms with Crippen LogP contribution in [0, 0.1) is 5.41 Å². The Kier molecular flexibility index (Phi) is 4.81. The van der Waals surface area contributed by atoms with Crippen molar-refractivity contribution in [2.75, 3.05) is 4.90 Å². The lowest BCUT2D eigenvalue weighted by Gasteiger charge is -2.27. The van der Waals surface area contributed by atoms with E-state index < -0.39 is 0 Å². The van der Waals surface area contributed by atoms with Crippen LogP contribution in [-0.2, 0) is 0 Å². The summed E-state index contributed by atoms with van der Waals surface area (Å²) >= 11 is 11.8. The monoisotopic (exact) mass is 287 g/mol. The van der Waals surface area contributed by atoms with E-state index in [1.54, 1.807) is 23.1 Å². The van der Waals surface area contributed by atoms with Gasteiger partial charge in [-0.25, -0.2) is 0 Å². The number of anilines is 1. The minimum Gasteiger partial charge on any atom is -0.370 e. The van der Waals surface area contributed by atoms with Crippen molar-refractivity contribution in [2.45, 2.75) is 19.9 Å². The van der Waals surface area contributed by atoms with Gasteiger partial charge in [0, 0.05) is 11.7 Å². The fourth-order valence-corrected chi connectivity index (χ4v) is 1.77. The lowest BCUT2D eigenvalue weighted by Crippen LogP contribution is -2.37. The Morgan fingerprint density at radius 1 is 1.28 bits per heavy atom. The van der Waals surface area contributed by atoms with Gasteiger partial charge in [-0.1, -0.05) is 23.2 Å². The van der Waals surface area contributed by atoms with Crippen LogP contribution in [0.3, 0.4) is 0 Å². The van der Waals surface area contributed by atoms with Crippen LogP contribution >= 0.6 is 23.2 Å². The summed E-state index contributed by atoms with van der Waals surface area (Å²) in [4.78, 5) is 5.37. The maximum absolute atomic E-state index is 7.87. The number of aliphatic imine (C=N–C) groups is 1. The number of benzene rings is 1. The van der Waals surface area contributed by atoms with E-state index in [9.17, 15) is 0 Å². The molecule has 1 aromatic carbocycles. The molecule has 0 spiro atoms. The van der Waals surface area contributed by atoms with Gasteiger partial charge in [0.25, 0.3) is 0 Å². The van der Waals surface area contributed by atoms with Crippen molar-refractivity contribution in [3.63, 3.8) is 0 Å². The van der Waals surface area contributed by atoms with Crippen LogP contribution in [0.15, 0.2) is 23.2 Å². The molecule has 0 heterocycles. The summed E-state index contributed by atoms with van der Waals surface area (Å²) < 4.78 is 0. The van der Waals surface area contributed by atoms with Crippen molar-refractivity contribution in [1.82, 2.24) is 0 Å². The highest BCUT2D eigenvalue weighted by Crippen LogP contribution is 2.28. The first-order valence-electron chi connectivity index (χ1n) is 5.25. The van der Waals surface area contributed by atoms with Gasteiger partial charge in [0.2, 0.25) is 5.96 Å². The Bertz CT molecular complexity index is 480. The zero-order valence-electron chi connectivity index (χ0n) is 10.1. The molecule has 0 bridgehead atoms. The van der Waals surface area contributed by atoms with Gasteiger partial charge in [-0.15, -0.1) is 0 Å². The smallest absolute Gasteiger partial charge is 0.225 e. The average molecular weight is 288 g/mol. The summed E-state index contributed by atoms with van der Waals surface area (Å²) in [6.45, 7) is 3.83. The SMILES string of the molecule is CC(C)N(C(=N)N=C(N)N)c1ccc(Cl)c(Cl)c1. The normalized spacial score (nSPS) is 10.3. The molecular weight excluding hydrogens is 273 g/mol. The Morgan fingerprint density at radius 2 is 1.89 bits per heavy atom. The Morgan fingerprint density at radius 3 is 2.33 bits per heavy atom. The van der Waals surface area contributed by atoms with E-state index in [0.717, 1.165) is 0 Å². The fraction of sp³-hybridized carbons (Fsp3) is 0.273. The maximum atomic E-state index is 7.87. The Balaban J connectivity index is 3.16. The molecule has 0 saturated carbocycles. The number of rotatable bonds is 2. The minimum absolute atomic E-state index is 0.00200. The molecule has 5 N–H and O–H groups in total. The first-order valence-corrected chi connectivity index (χ1v) is 6.01. The number of guanidine groups is 2. The molecule has 0 amide bonds. The van der Waals surface area contributed by atoms with Crippen LogP contribution in [-0.4, -0.2) is 18.0 Å². The summed E-state index contributed by atoms with van der Waals surface area (Å²) in [5.41, 5.74) is 11.3. The van der Waals surface area contributed by atoms with Crippen molar-refractivity contribution in [3.05, 3.63) is 28.2 Å². The summed E-state index contributed by atoms with van der Waals surface area (Å²) in [5, 5.41) is 8.74. The molecule has 0 aromatic heterocycles. The van der Waals surface area contributed by atoms with Crippen molar-refractivity contribution >= 4 is 40.8 Å². The predicted molar refractivity (Wildman–Crippen MR) is 77.6 cm³/mol. The molecule has 0 radical (unpaired) electrons. The zero-order valence-corrected chi connectivity index (χ0v) is 11.6. The van der Waals surface area contributed by atoms with Crippen molar-refractivity contribution in [3.8, 4) is 0 Å². The number of nitrogens with two attached hydrogens (primary N) is 2. The summed E-state index contributed by atoms with van der Waals surface area (Å²) in [7, 11) is 0. The van der Waals surface area contributed by atoms with Crippen LogP contribution in [0.5, 0.6) is 0 Å². The molecule has 0 unspecified atom stereocenters. The molecule has 18 heavy (non-hydrogen) atoms. The first-order chi connectivity index (χ1) is 8.32. The zero-order chi connectivity index (χ0) is 13.9. The lowest BCUT2D eigenvalue weighted by atomic mass is 10.2. The number of hydrogen-bond acceptors (Lipinski definition) is 1. The molecule has 5 nitrogen and oxygen atoms in total. The number of halogens is 2. The van der Waals surface area contributed by atoms with E-state index >= 15 is 0 Å². The summed E-state index contributed by atoms with van der Waals surface area (Å²) in [5.74, 6) is -0.214.